The van der Waals surface area contributed by atoms with Crippen LogP contribution in [-0.4, -0.2) is 196 Å². The van der Waals surface area contributed by atoms with Gasteiger partial charge in [-0.1, -0.05) is 195 Å². The topological polar surface area (TPSA) is 351 Å². The molecule has 7 amide bonds. The number of urea groups is 1. The molecule has 0 spiro atoms. The number of carbonyl (C=O) groups is 11. The van der Waals surface area contributed by atoms with E-state index in [0.29, 0.717) is 61.9 Å². The van der Waals surface area contributed by atoms with Gasteiger partial charge in [-0.25, -0.2) is 18.0 Å². The third-order valence-electron chi connectivity index (χ3n) is 23.3. The minimum atomic E-state index is -3.76. The number of ketones is 5. The van der Waals surface area contributed by atoms with Gasteiger partial charge in [-0.15, -0.1) is 0 Å². The number of hydrogen-bond acceptors (Lipinski definition) is 18. The first-order chi connectivity index (χ1) is 57.3. The molecule has 666 valence electrons. The van der Waals surface area contributed by atoms with Crippen LogP contribution in [0.4, 0.5) is 15.3 Å². The number of rotatable bonds is 50. The molecule has 1 unspecified atom stereocenters. The van der Waals surface area contributed by atoms with Crippen molar-refractivity contribution >= 4 is 80.2 Å². The monoisotopic (exact) mass is 1700 g/mol. The number of ether oxygens (including phenoxy) is 4. The number of nitrogens with one attached hydrogen (secondary N) is 3. The van der Waals surface area contributed by atoms with Crippen LogP contribution in [0.5, 0.6) is 0 Å². The summed E-state index contributed by atoms with van der Waals surface area (Å²) in [6, 6.07) is 34.4. The number of nitrogens with two attached hydrogens (primary N) is 1. The molecule has 1 aliphatic rings. The van der Waals surface area contributed by atoms with Gasteiger partial charge in [0.05, 0.1) is 72.8 Å². The number of aliphatic hydroxyl groups is 1. The van der Waals surface area contributed by atoms with Crippen LogP contribution in [0.2, 0.25) is 0 Å². The lowest BCUT2D eigenvalue weighted by molar-refractivity contribution is -0.149. The van der Waals surface area contributed by atoms with E-state index in [2.05, 4.69) is 16.0 Å². The van der Waals surface area contributed by atoms with Crippen LogP contribution in [0.25, 0.3) is 0 Å². The van der Waals surface area contributed by atoms with E-state index in [9.17, 15) is 66.3 Å². The fourth-order valence-corrected chi connectivity index (χ4v) is 17.4. The zero-order chi connectivity index (χ0) is 90.0. The van der Waals surface area contributed by atoms with E-state index in [1.54, 1.807) is 101 Å². The second-order valence-corrected chi connectivity index (χ2v) is 35.7. The number of primary amides is 1. The SMILES string of the molecule is CCOC(=O)N(C)[C@H](C(=O)C[C@H](C(=O)N(C)[C@@H]([C@@H](C)CC)[C@@H](CC(=O)N1CCC[C@H]1[C@H](OC)[C@@H](C)C(=O)C[C@H](C)[C@@H](O)c1ccccc1)OC)C(C)C)C(C)C.Cc1ccc(CCC(CS(=O)(=O)c2ccc(C)cc2)C(=O)c2ccc(C(=O)CCCOCCC(=O)N[C@H](C(=O)C[C@@H](CCCNC(N)=O)C(=O)Nc3ccc(C)cc3)C(C)C)cc2)cc1. The molecule has 0 saturated carbocycles. The Bertz CT molecular complexity index is 4260. The van der Waals surface area contributed by atoms with Crippen molar-refractivity contribution in [2.75, 3.05) is 72.3 Å². The van der Waals surface area contributed by atoms with Gasteiger partial charge < -0.3 is 60.4 Å². The number of hydrogen-bond donors (Lipinski definition) is 5. The molecule has 1 heterocycles. The second-order valence-electron chi connectivity index (χ2n) is 33.7. The highest BCUT2D eigenvalue weighted by atomic mass is 32.2. The number of nitrogens with zero attached hydrogens (tertiary/aromatic N) is 3. The highest BCUT2D eigenvalue weighted by Gasteiger charge is 2.44. The Morgan fingerprint density at radius 1 is 0.628 bits per heavy atom. The van der Waals surface area contributed by atoms with Crippen LogP contribution in [0.3, 0.4) is 0 Å². The Morgan fingerprint density at radius 2 is 1.23 bits per heavy atom. The molecule has 5 aromatic rings. The maximum absolute atomic E-state index is 14.4. The molecule has 121 heavy (non-hydrogen) atoms. The highest BCUT2D eigenvalue weighted by Crippen LogP contribution is 2.34. The number of sulfone groups is 1. The number of aliphatic hydroxyl groups excluding tert-OH is 1. The normalized spacial score (nSPS) is 15.8. The summed E-state index contributed by atoms with van der Waals surface area (Å²) in [6.07, 6.45) is 1.76. The highest BCUT2D eigenvalue weighted by molar-refractivity contribution is 7.91. The Labute approximate surface area is 718 Å². The molecule has 13 atom stereocenters. The first-order valence-electron chi connectivity index (χ1n) is 42.9. The van der Waals surface area contributed by atoms with Crippen molar-refractivity contribution in [1.82, 2.24) is 25.3 Å². The largest absolute Gasteiger partial charge is 0.450 e. The minimum absolute atomic E-state index is 0.0176. The molecule has 5 aromatic carbocycles. The van der Waals surface area contributed by atoms with Crippen LogP contribution < -0.4 is 21.7 Å². The molecular weight excluding hydrogens is 1560 g/mol. The van der Waals surface area contributed by atoms with Gasteiger partial charge in [-0.3, -0.25) is 43.2 Å². The maximum Gasteiger partial charge on any atom is 0.410 e. The summed E-state index contributed by atoms with van der Waals surface area (Å²) in [4.78, 5) is 152. The van der Waals surface area contributed by atoms with E-state index in [1.807, 2.05) is 162 Å². The summed E-state index contributed by atoms with van der Waals surface area (Å²) in [5, 5.41) is 19.1. The van der Waals surface area contributed by atoms with Crippen LogP contribution in [0.15, 0.2) is 132 Å². The van der Waals surface area contributed by atoms with Crippen molar-refractivity contribution in [2.24, 2.45) is 59.0 Å². The Hall–Kier alpha value is -9.34. The van der Waals surface area contributed by atoms with Gasteiger partial charge in [-0.2, -0.15) is 0 Å². The third-order valence-corrected chi connectivity index (χ3v) is 25.1. The molecule has 1 fully saturated rings. The number of amides is 7. The Morgan fingerprint density at radius 3 is 1.79 bits per heavy atom. The predicted octanol–water partition coefficient (Wildman–Crippen LogP) is 14.3. The molecule has 6 N–H and O–H groups in total. The average Bonchev–Trinajstić information content (AvgIpc) is 1.80. The van der Waals surface area contributed by atoms with Crippen molar-refractivity contribution in [2.45, 2.75) is 234 Å². The summed E-state index contributed by atoms with van der Waals surface area (Å²) in [5.41, 5.74) is 11.3. The fraction of sp³-hybridized carbons (Fsp3) is 0.568. The van der Waals surface area contributed by atoms with Crippen LogP contribution in [-0.2, 0) is 68.8 Å². The van der Waals surface area contributed by atoms with E-state index in [0.717, 1.165) is 40.7 Å². The molecular formula is C95H137N7O18S. The van der Waals surface area contributed by atoms with Gasteiger partial charge in [0.25, 0.3) is 0 Å². The number of carbonyl (C=O) groups excluding carboxylic acids is 11. The van der Waals surface area contributed by atoms with Gasteiger partial charge in [0.1, 0.15) is 5.78 Å². The summed E-state index contributed by atoms with van der Waals surface area (Å²) in [7, 11) is 2.64. The summed E-state index contributed by atoms with van der Waals surface area (Å²) >= 11 is 0. The third kappa shape index (κ3) is 32.1. The molecule has 0 bridgehead atoms. The van der Waals surface area contributed by atoms with E-state index in [-0.39, 0.29) is 164 Å². The molecule has 0 aromatic heterocycles. The zero-order valence-corrected chi connectivity index (χ0v) is 75.5. The van der Waals surface area contributed by atoms with Crippen molar-refractivity contribution in [3.05, 3.63) is 166 Å². The van der Waals surface area contributed by atoms with Crippen molar-refractivity contribution < 1.29 is 85.2 Å². The molecule has 0 aliphatic carbocycles. The standard InChI is InChI=1S/C51H64N4O9S.C44H73N3O9/c1-34(2)48(46(57)32-41(8-6-29-53-51(52)61)50(60)54-43-24-12-36(4)13-25-43)55-47(58)28-31-64-30-7-9-45(56)39-20-22-40(23-21-39)49(59)42(19-18-38-16-10-35(3)11-17-38)33-65(62,63)44-26-14-37(5)15-27-44;1-14-29(7)40(45(10)43(52)33(27(3)4)25-36(49)39(28(5)6)46(11)44(53)56-15-2)37(54-12)26-38(50)47-23-19-22-34(47)42(55-13)31(9)35(48)24-30(8)41(51)32-20-17-16-18-21-32/h10-17,20-27,34,41-42,48H,6-9,18-19,28-33H2,1-5H3,(H,54,60)(H,55,58)(H3,52,53,61);16-18,20-21,27-31,33-34,37,39-42,51H,14-15,19,22-26H2,1-13H3/t41-,42?,48+;29-,30-,31-,33-,34-,37+,39-,40-,41+,42+/m10/s1. The molecule has 25 nitrogen and oxygen atoms in total. The van der Waals surface area contributed by atoms with Gasteiger partial charge >= 0.3 is 12.1 Å². The smallest absolute Gasteiger partial charge is 0.410 e. The Balaban J connectivity index is 0.000000436. The fourth-order valence-electron chi connectivity index (χ4n) is 15.8. The van der Waals surface area contributed by atoms with Crippen molar-refractivity contribution in [1.29, 1.82) is 0 Å². The van der Waals surface area contributed by atoms with Gasteiger partial charge in [0.15, 0.2) is 33.0 Å². The molecule has 6 rings (SSSR count). The van der Waals surface area contributed by atoms with E-state index < -0.39 is 82.1 Å². The average molecular weight is 1700 g/mol. The number of anilines is 1. The Kier molecular flexibility index (Phi) is 43.0. The van der Waals surface area contributed by atoms with Crippen molar-refractivity contribution in [3.63, 3.8) is 0 Å². The van der Waals surface area contributed by atoms with E-state index in [4.69, 9.17) is 24.7 Å². The van der Waals surface area contributed by atoms with Crippen LogP contribution in [0, 0.1) is 74.0 Å². The minimum Gasteiger partial charge on any atom is -0.450 e. The maximum atomic E-state index is 14.4. The molecule has 0 radical (unpaired) electrons. The van der Waals surface area contributed by atoms with Gasteiger partial charge in [-0.05, 0) is 138 Å². The number of benzene rings is 5. The summed E-state index contributed by atoms with van der Waals surface area (Å²) < 4.78 is 49.8. The van der Waals surface area contributed by atoms with Crippen LogP contribution in [0.1, 0.15) is 214 Å². The zero-order valence-electron chi connectivity index (χ0n) is 74.7. The lowest BCUT2D eigenvalue weighted by atomic mass is 9.83. The molecule has 1 aliphatic heterocycles. The van der Waals surface area contributed by atoms with Crippen LogP contribution >= 0.6 is 0 Å². The molecule has 1 saturated heterocycles. The van der Waals surface area contributed by atoms with Gasteiger partial charge in [0, 0.05) is 121 Å². The number of likely N-dealkylation sites (tertiary alicyclic amines) is 1. The number of Topliss-reactive ketones (excluding diaryl/α,β-unsaturated/α-hetero) is 5. The van der Waals surface area contributed by atoms with Gasteiger partial charge in [0.2, 0.25) is 23.6 Å². The predicted molar refractivity (Wildman–Crippen MR) is 470 cm³/mol. The summed E-state index contributed by atoms with van der Waals surface area (Å²) in [5.74, 6) is -6.08. The number of likely N-dealkylation sites (N-methyl/N-ethyl adjacent to an activating group) is 2. The number of aryl methyl sites for hydroxylation is 4. The van der Waals surface area contributed by atoms with E-state index in [1.165, 1.54) is 4.90 Å². The molecule has 26 heteroatoms. The quantitative estimate of drug-likeness (QED) is 0.0178. The first-order valence-corrected chi connectivity index (χ1v) is 44.6. The van der Waals surface area contributed by atoms with E-state index >= 15 is 0 Å². The summed E-state index contributed by atoms with van der Waals surface area (Å²) in [6.45, 7) is 27.7. The first kappa shape index (κ1) is 102. The number of methoxy groups -OCH3 is 2. The second kappa shape index (κ2) is 50.9. The lowest BCUT2D eigenvalue weighted by Crippen LogP contribution is -2.54. The van der Waals surface area contributed by atoms with Crippen molar-refractivity contribution in [3.8, 4) is 0 Å². The lowest BCUT2D eigenvalue weighted by Gasteiger charge is -2.41.